The zero-order valence-electron chi connectivity index (χ0n) is 11.0. The van der Waals surface area contributed by atoms with Crippen LogP contribution in [-0.4, -0.2) is 37.7 Å². The second-order valence-corrected chi connectivity index (χ2v) is 6.03. The van der Waals surface area contributed by atoms with Crippen molar-refractivity contribution in [3.63, 3.8) is 0 Å². The molecule has 0 radical (unpaired) electrons. The maximum absolute atomic E-state index is 12.0. The van der Waals surface area contributed by atoms with Gasteiger partial charge in [-0.1, -0.05) is 0 Å². The SMILES string of the molecule is O=C(CCC1CCNC1)NC1CCOC1C1CC1. The summed E-state index contributed by atoms with van der Waals surface area (Å²) in [7, 11) is 0. The van der Waals surface area contributed by atoms with Gasteiger partial charge in [-0.15, -0.1) is 0 Å². The molecule has 0 spiro atoms. The number of rotatable bonds is 5. The van der Waals surface area contributed by atoms with Gasteiger partial charge in [0.1, 0.15) is 0 Å². The van der Waals surface area contributed by atoms with Gasteiger partial charge in [-0.3, -0.25) is 4.79 Å². The largest absolute Gasteiger partial charge is 0.376 e. The fourth-order valence-corrected chi connectivity index (χ4v) is 3.23. The summed E-state index contributed by atoms with van der Waals surface area (Å²) in [6.07, 6.45) is 6.81. The summed E-state index contributed by atoms with van der Waals surface area (Å²) in [5.41, 5.74) is 0. The molecule has 3 rings (SSSR count). The van der Waals surface area contributed by atoms with Crippen LogP contribution in [0.25, 0.3) is 0 Å². The van der Waals surface area contributed by atoms with Gasteiger partial charge in [0.15, 0.2) is 0 Å². The molecule has 0 aromatic rings. The third-order valence-electron chi connectivity index (χ3n) is 4.51. The molecule has 2 saturated heterocycles. The Balaban J connectivity index is 1.39. The van der Waals surface area contributed by atoms with Crippen LogP contribution in [-0.2, 0) is 9.53 Å². The van der Waals surface area contributed by atoms with E-state index in [1.54, 1.807) is 0 Å². The first kappa shape index (κ1) is 12.4. The van der Waals surface area contributed by atoms with Crippen LogP contribution in [0.1, 0.15) is 38.5 Å². The zero-order chi connectivity index (χ0) is 12.4. The summed E-state index contributed by atoms with van der Waals surface area (Å²) in [6.45, 7) is 3.02. The number of carbonyl (C=O) groups is 1. The van der Waals surface area contributed by atoms with Gasteiger partial charge in [-0.05, 0) is 57.0 Å². The molecule has 2 heterocycles. The van der Waals surface area contributed by atoms with Crippen LogP contribution < -0.4 is 10.6 Å². The van der Waals surface area contributed by atoms with E-state index in [-0.39, 0.29) is 11.9 Å². The second kappa shape index (κ2) is 5.57. The number of ether oxygens (including phenoxy) is 1. The maximum Gasteiger partial charge on any atom is 0.220 e. The predicted octanol–water partition coefficient (Wildman–Crippen LogP) is 1.06. The first-order chi connectivity index (χ1) is 8.83. The van der Waals surface area contributed by atoms with Gasteiger partial charge in [0.25, 0.3) is 0 Å². The summed E-state index contributed by atoms with van der Waals surface area (Å²) in [5, 5.41) is 6.54. The summed E-state index contributed by atoms with van der Waals surface area (Å²) < 4.78 is 5.74. The van der Waals surface area contributed by atoms with Crippen molar-refractivity contribution in [3.05, 3.63) is 0 Å². The molecule has 18 heavy (non-hydrogen) atoms. The topological polar surface area (TPSA) is 50.4 Å². The molecule has 4 nitrogen and oxygen atoms in total. The Bertz CT molecular complexity index is 298. The fourth-order valence-electron chi connectivity index (χ4n) is 3.23. The van der Waals surface area contributed by atoms with Crippen LogP contribution >= 0.6 is 0 Å². The normalized spacial score (nSPS) is 35.9. The molecule has 0 aromatic heterocycles. The molecule has 1 saturated carbocycles. The van der Waals surface area contributed by atoms with Crippen LogP contribution in [0.4, 0.5) is 0 Å². The highest BCUT2D eigenvalue weighted by Gasteiger charge is 2.41. The summed E-state index contributed by atoms with van der Waals surface area (Å²) >= 11 is 0. The van der Waals surface area contributed by atoms with E-state index in [0.29, 0.717) is 18.4 Å². The second-order valence-electron chi connectivity index (χ2n) is 6.03. The van der Waals surface area contributed by atoms with Gasteiger partial charge in [0.2, 0.25) is 5.91 Å². The molecule has 0 bridgehead atoms. The standard InChI is InChI=1S/C14H24N2O2/c17-13(4-1-10-5-7-15-9-10)16-12-6-8-18-14(12)11-2-3-11/h10-12,14-15H,1-9H2,(H,16,17). The molecule has 3 unspecified atom stereocenters. The highest BCUT2D eigenvalue weighted by Crippen LogP contribution is 2.38. The summed E-state index contributed by atoms with van der Waals surface area (Å²) in [4.78, 5) is 12.0. The molecule has 0 aromatic carbocycles. The third kappa shape index (κ3) is 3.04. The molecule has 3 atom stereocenters. The Morgan fingerprint density at radius 1 is 1.28 bits per heavy atom. The highest BCUT2D eigenvalue weighted by atomic mass is 16.5. The molecule has 102 valence electrons. The molecule has 3 fully saturated rings. The van der Waals surface area contributed by atoms with Crippen molar-refractivity contribution in [2.45, 2.75) is 50.7 Å². The maximum atomic E-state index is 12.0. The Morgan fingerprint density at radius 2 is 2.17 bits per heavy atom. The van der Waals surface area contributed by atoms with Crippen molar-refractivity contribution in [1.29, 1.82) is 0 Å². The molecular formula is C14H24N2O2. The lowest BCUT2D eigenvalue weighted by molar-refractivity contribution is -0.122. The molecule has 4 heteroatoms. The van der Waals surface area contributed by atoms with Crippen LogP contribution in [0.2, 0.25) is 0 Å². The van der Waals surface area contributed by atoms with Gasteiger partial charge < -0.3 is 15.4 Å². The van der Waals surface area contributed by atoms with Crippen molar-refractivity contribution in [1.82, 2.24) is 10.6 Å². The summed E-state index contributed by atoms with van der Waals surface area (Å²) in [6, 6.07) is 0.284. The van der Waals surface area contributed by atoms with Crippen molar-refractivity contribution < 1.29 is 9.53 Å². The van der Waals surface area contributed by atoms with Gasteiger partial charge in [0, 0.05) is 13.0 Å². The van der Waals surface area contributed by atoms with Crippen molar-refractivity contribution in [2.75, 3.05) is 19.7 Å². The van der Waals surface area contributed by atoms with Crippen LogP contribution in [0, 0.1) is 11.8 Å². The van der Waals surface area contributed by atoms with E-state index in [9.17, 15) is 4.79 Å². The van der Waals surface area contributed by atoms with Gasteiger partial charge in [-0.25, -0.2) is 0 Å². The molecule has 2 N–H and O–H groups in total. The van der Waals surface area contributed by atoms with Crippen molar-refractivity contribution in [2.24, 2.45) is 11.8 Å². The minimum Gasteiger partial charge on any atom is -0.376 e. The van der Waals surface area contributed by atoms with Crippen LogP contribution in [0.5, 0.6) is 0 Å². The molecule has 1 aliphatic carbocycles. The monoisotopic (exact) mass is 252 g/mol. The molecule has 1 amide bonds. The van der Waals surface area contributed by atoms with E-state index in [0.717, 1.165) is 38.5 Å². The third-order valence-corrected chi connectivity index (χ3v) is 4.51. The van der Waals surface area contributed by atoms with E-state index in [1.165, 1.54) is 19.3 Å². The number of nitrogens with one attached hydrogen (secondary N) is 2. The first-order valence-corrected chi connectivity index (χ1v) is 7.44. The quantitative estimate of drug-likeness (QED) is 0.769. The Labute approximate surface area is 109 Å². The smallest absolute Gasteiger partial charge is 0.220 e. The lowest BCUT2D eigenvalue weighted by atomic mass is 10.0. The molecular weight excluding hydrogens is 228 g/mol. The van der Waals surface area contributed by atoms with Crippen molar-refractivity contribution in [3.8, 4) is 0 Å². The first-order valence-electron chi connectivity index (χ1n) is 7.44. The average molecular weight is 252 g/mol. The lowest BCUT2D eigenvalue weighted by Crippen LogP contribution is -2.41. The van der Waals surface area contributed by atoms with Crippen molar-refractivity contribution >= 4 is 5.91 Å². The van der Waals surface area contributed by atoms with Gasteiger partial charge >= 0.3 is 0 Å². The van der Waals surface area contributed by atoms with E-state index < -0.39 is 0 Å². The molecule has 3 aliphatic rings. The van der Waals surface area contributed by atoms with Crippen LogP contribution in [0.3, 0.4) is 0 Å². The Kier molecular flexibility index (Phi) is 3.85. The van der Waals surface area contributed by atoms with E-state index in [4.69, 9.17) is 4.74 Å². The minimum atomic E-state index is 0.225. The summed E-state index contributed by atoms with van der Waals surface area (Å²) in [5.74, 6) is 1.65. The van der Waals surface area contributed by atoms with Gasteiger partial charge in [0.05, 0.1) is 12.1 Å². The number of amides is 1. The fraction of sp³-hybridized carbons (Fsp3) is 0.929. The molecule has 2 aliphatic heterocycles. The number of hydrogen-bond donors (Lipinski definition) is 2. The Morgan fingerprint density at radius 3 is 2.89 bits per heavy atom. The number of carbonyl (C=O) groups excluding carboxylic acids is 1. The average Bonchev–Trinajstić information content (AvgIpc) is 2.90. The van der Waals surface area contributed by atoms with Crippen LogP contribution in [0.15, 0.2) is 0 Å². The Hall–Kier alpha value is -0.610. The van der Waals surface area contributed by atoms with E-state index in [1.807, 2.05) is 0 Å². The van der Waals surface area contributed by atoms with E-state index >= 15 is 0 Å². The lowest BCUT2D eigenvalue weighted by Gasteiger charge is -2.19. The van der Waals surface area contributed by atoms with Gasteiger partial charge in [-0.2, -0.15) is 0 Å². The predicted molar refractivity (Wildman–Crippen MR) is 69.2 cm³/mol. The number of hydrogen-bond acceptors (Lipinski definition) is 3. The highest BCUT2D eigenvalue weighted by molar-refractivity contribution is 5.76. The minimum absolute atomic E-state index is 0.225. The van der Waals surface area contributed by atoms with E-state index in [2.05, 4.69) is 10.6 Å². The zero-order valence-corrected chi connectivity index (χ0v) is 11.0.